The van der Waals surface area contributed by atoms with Crippen LogP contribution in [0.3, 0.4) is 0 Å². The maximum atomic E-state index is 12.9. The SMILES string of the molecule is CC(C)C(C)C(=O)NC1CCN(C(=O)c2ccnc3[nH]ccc23)CC1O. The van der Waals surface area contributed by atoms with Gasteiger partial charge >= 0.3 is 0 Å². The van der Waals surface area contributed by atoms with Crippen molar-refractivity contribution in [3.05, 3.63) is 30.1 Å². The molecule has 0 radical (unpaired) electrons. The average molecular weight is 358 g/mol. The number of hydrogen-bond donors (Lipinski definition) is 3. The van der Waals surface area contributed by atoms with Crippen LogP contribution in [0.2, 0.25) is 0 Å². The summed E-state index contributed by atoms with van der Waals surface area (Å²) in [6, 6.07) is 3.20. The van der Waals surface area contributed by atoms with E-state index in [1.54, 1.807) is 23.4 Å². The van der Waals surface area contributed by atoms with Crippen molar-refractivity contribution in [2.45, 2.75) is 39.3 Å². The standard InChI is InChI=1S/C19H26N4O3/c1-11(2)12(3)18(25)22-15-6-9-23(10-16(15)24)19(26)14-5-8-21-17-13(14)4-7-20-17/h4-5,7-8,11-12,15-16,24H,6,9-10H2,1-3H3,(H,20,21)(H,22,25). The number of fused-ring (bicyclic) bond motifs is 1. The number of aromatic amines is 1. The van der Waals surface area contributed by atoms with E-state index in [1.165, 1.54) is 0 Å². The monoisotopic (exact) mass is 358 g/mol. The number of aromatic nitrogens is 2. The molecule has 1 saturated heterocycles. The Morgan fingerprint density at radius 2 is 2.12 bits per heavy atom. The maximum Gasteiger partial charge on any atom is 0.254 e. The van der Waals surface area contributed by atoms with Gasteiger partial charge in [0.05, 0.1) is 17.7 Å². The van der Waals surface area contributed by atoms with Crippen LogP contribution >= 0.6 is 0 Å². The first kappa shape index (κ1) is 18.4. The van der Waals surface area contributed by atoms with Gasteiger partial charge in [-0.05, 0) is 24.5 Å². The molecule has 3 heterocycles. The highest BCUT2D eigenvalue weighted by molar-refractivity contribution is 6.05. The van der Waals surface area contributed by atoms with E-state index >= 15 is 0 Å². The molecule has 2 aromatic heterocycles. The first-order valence-electron chi connectivity index (χ1n) is 9.08. The summed E-state index contributed by atoms with van der Waals surface area (Å²) in [5, 5.41) is 14.2. The summed E-state index contributed by atoms with van der Waals surface area (Å²) in [4.78, 5) is 33.9. The minimum Gasteiger partial charge on any atom is -0.389 e. The van der Waals surface area contributed by atoms with Gasteiger partial charge in [0, 0.05) is 36.8 Å². The number of carbonyl (C=O) groups excluding carboxylic acids is 2. The smallest absolute Gasteiger partial charge is 0.254 e. The Morgan fingerprint density at radius 1 is 1.35 bits per heavy atom. The van der Waals surface area contributed by atoms with E-state index in [4.69, 9.17) is 0 Å². The highest BCUT2D eigenvalue weighted by atomic mass is 16.3. The summed E-state index contributed by atoms with van der Waals surface area (Å²) < 4.78 is 0. The quantitative estimate of drug-likeness (QED) is 0.772. The lowest BCUT2D eigenvalue weighted by Crippen LogP contribution is -2.56. The van der Waals surface area contributed by atoms with Crippen LogP contribution in [-0.2, 0) is 4.79 Å². The van der Waals surface area contributed by atoms with E-state index in [0.29, 0.717) is 24.2 Å². The number of amides is 2. The third-order valence-corrected chi connectivity index (χ3v) is 5.30. The van der Waals surface area contributed by atoms with Gasteiger partial charge in [-0.3, -0.25) is 9.59 Å². The zero-order valence-corrected chi connectivity index (χ0v) is 15.4. The summed E-state index contributed by atoms with van der Waals surface area (Å²) in [5.74, 6) is -0.0480. The van der Waals surface area contributed by atoms with E-state index in [0.717, 1.165) is 5.39 Å². The fourth-order valence-corrected chi connectivity index (χ4v) is 3.22. The highest BCUT2D eigenvalue weighted by Crippen LogP contribution is 2.20. The molecule has 3 N–H and O–H groups in total. The topological polar surface area (TPSA) is 98.3 Å². The highest BCUT2D eigenvalue weighted by Gasteiger charge is 2.33. The van der Waals surface area contributed by atoms with E-state index in [9.17, 15) is 14.7 Å². The summed E-state index contributed by atoms with van der Waals surface area (Å²) in [5.41, 5.74) is 1.24. The molecule has 26 heavy (non-hydrogen) atoms. The van der Waals surface area contributed by atoms with Crippen molar-refractivity contribution in [3.63, 3.8) is 0 Å². The van der Waals surface area contributed by atoms with Gasteiger partial charge in [0.1, 0.15) is 5.65 Å². The molecule has 0 saturated carbocycles. The molecule has 1 aliphatic heterocycles. The van der Waals surface area contributed by atoms with Gasteiger partial charge in [0.15, 0.2) is 0 Å². The Bertz CT molecular complexity index is 801. The molecule has 3 atom stereocenters. The van der Waals surface area contributed by atoms with Gasteiger partial charge in [-0.25, -0.2) is 4.98 Å². The van der Waals surface area contributed by atoms with Crippen molar-refractivity contribution < 1.29 is 14.7 Å². The molecule has 0 bridgehead atoms. The third kappa shape index (κ3) is 3.58. The Morgan fingerprint density at radius 3 is 2.81 bits per heavy atom. The Balaban J connectivity index is 1.66. The second kappa shape index (κ2) is 7.45. The number of piperidine rings is 1. The van der Waals surface area contributed by atoms with Crippen molar-refractivity contribution >= 4 is 22.8 Å². The molecule has 3 rings (SSSR count). The predicted molar refractivity (Wildman–Crippen MR) is 98.6 cm³/mol. The van der Waals surface area contributed by atoms with Crippen LogP contribution in [0.1, 0.15) is 37.6 Å². The average Bonchev–Trinajstić information content (AvgIpc) is 3.10. The van der Waals surface area contributed by atoms with Crippen LogP contribution < -0.4 is 5.32 Å². The maximum absolute atomic E-state index is 12.9. The summed E-state index contributed by atoms with van der Waals surface area (Å²) in [6.07, 6.45) is 3.11. The van der Waals surface area contributed by atoms with Crippen LogP contribution in [0.15, 0.2) is 24.5 Å². The van der Waals surface area contributed by atoms with E-state index in [-0.39, 0.29) is 36.2 Å². The van der Waals surface area contributed by atoms with Gasteiger partial charge in [0.25, 0.3) is 5.91 Å². The number of hydrogen-bond acceptors (Lipinski definition) is 4. The minimum absolute atomic E-state index is 0.0491. The molecule has 1 aliphatic rings. The molecule has 2 amide bonds. The van der Waals surface area contributed by atoms with Crippen LogP contribution in [0, 0.1) is 11.8 Å². The van der Waals surface area contributed by atoms with Crippen LogP contribution in [-0.4, -0.2) is 57.0 Å². The molecule has 2 aromatic rings. The van der Waals surface area contributed by atoms with E-state index in [1.807, 2.05) is 26.8 Å². The minimum atomic E-state index is -0.778. The number of rotatable bonds is 4. The number of β-amino-alcohol motifs (C(OH)–C–C–N with tert-alkyl or cyclic N) is 1. The van der Waals surface area contributed by atoms with Crippen molar-refractivity contribution in [1.82, 2.24) is 20.2 Å². The van der Waals surface area contributed by atoms with Crippen LogP contribution in [0.4, 0.5) is 0 Å². The van der Waals surface area contributed by atoms with Crippen molar-refractivity contribution in [2.75, 3.05) is 13.1 Å². The first-order valence-corrected chi connectivity index (χ1v) is 9.08. The number of nitrogens with one attached hydrogen (secondary N) is 2. The molecular weight excluding hydrogens is 332 g/mol. The Kier molecular flexibility index (Phi) is 5.27. The van der Waals surface area contributed by atoms with E-state index in [2.05, 4.69) is 15.3 Å². The van der Waals surface area contributed by atoms with Gasteiger partial charge in [-0.15, -0.1) is 0 Å². The number of pyridine rings is 1. The summed E-state index contributed by atoms with van der Waals surface area (Å²) in [6.45, 7) is 6.58. The molecule has 3 unspecified atom stereocenters. The fraction of sp³-hybridized carbons (Fsp3) is 0.526. The van der Waals surface area contributed by atoms with Gasteiger partial charge in [-0.1, -0.05) is 20.8 Å². The lowest BCUT2D eigenvalue weighted by atomic mass is 9.95. The zero-order chi connectivity index (χ0) is 18.8. The Hall–Kier alpha value is -2.41. The van der Waals surface area contributed by atoms with Gasteiger partial charge in [0.2, 0.25) is 5.91 Å². The molecule has 0 aliphatic carbocycles. The number of H-pyrrole nitrogens is 1. The molecule has 7 heteroatoms. The fourth-order valence-electron chi connectivity index (χ4n) is 3.22. The first-order chi connectivity index (χ1) is 12.4. The van der Waals surface area contributed by atoms with Crippen molar-refractivity contribution in [2.24, 2.45) is 11.8 Å². The van der Waals surface area contributed by atoms with Crippen LogP contribution in [0.5, 0.6) is 0 Å². The van der Waals surface area contributed by atoms with Gasteiger partial charge in [-0.2, -0.15) is 0 Å². The molecule has 140 valence electrons. The lowest BCUT2D eigenvalue weighted by molar-refractivity contribution is -0.127. The molecule has 7 nitrogen and oxygen atoms in total. The summed E-state index contributed by atoms with van der Waals surface area (Å²) in [7, 11) is 0. The zero-order valence-electron chi connectivity index (χ0n) is 15.4. The number of carbonyl (C=O) groups is 2. The molecular formula is C19H26N4O3. The predicted octanol–water partition coefficient (Wildman–Crippen LogP) is 1.55. The normalized spacial score (nSPS) is 21.8. The largest absolute Gasteiger partial charge is 0.389 e. The van der Waals surface area contributed by atoms with Crippen molar-refractivity contribution in [3.8, 4) is 0 Å². The number of aliphatic hydroxyl groups is 1. The lowest BCUT2D eigenvalue weighted by Gasteiger charge is -2.37. The number of aliphatic hydroxyl groups excluding tert-OH is 1. The summed E-state index contributed by atoms with van der Waals surface area (Å²) >= 11 is 0. The third-order valence-electron chi connectivity index (χ3n) is 5.30. The van der Waals surface area contributed by atoms with Crippen molar-refractivity contribution in [1.29, 1.82) is 0 Å². The van der Waals surface area contributed by atoms with E-state index < -0.39 is 6.10 Å². The molecule has 0 aromatic carbocycles. The Labute approximate surface area is 152 Å². The second-order valence-electron chi connectivity index (χ2n) is 7.35. The van der Waals surface area contributed by atoms with Crippen LogP contribution in [0.25, 0.3) is 11.0 Å². The van der Waals surface area contributed by atoms with Gasteiger partial charge < -0.3 is 20.3 Å². The number of likely N-dealkylation sites (tertiary alicyclic amines) is 1. The molecule has 1 fully saturated rings. The molecule has 0 spiro atoms. The second-order valence-corrected chi connectivity index (χ2v) is 7.35. The number of nitrogens with zero attached hydrogens (tertiary/aromatic N) is 2.